The van der Waals surface area contributed by atoms with E-state index in [4.69, 9.17) is 4.98 Å². The Kier molecular flexibility index (Phi) is 4.92. The number of rotatable bonds is 7. The summed E-state index contributed by atoms with van der Waals surface area (Å²) in [6.07, 6.45) is 13.4. The van der Waals surface area contributed by atoms with Gasteiger partial charge in [-0.1, -0.05) is 6.07 Å². The summed E-state index contributed by atoms with van der Waals surface area (Å²) in [6.45, 7) is 1.69. The molecule has 0 amide bonds. The van der Waals surface area contributed by atoms with E-state index in [1.807, 2.05) is 30.2 Å². The Morgan fingerprint density at radius 3 is 2.85 bits per heavy atom. The number of imidazole rings is 1. The van der Waals surface area contributed by atoms with Gasteiger partial charge in [0.05, 0.1) is 28.8 Å². The van der Waals surface area contributed by atoms with Crippen molar-refractivity contribution in [1.29, 1.82) is 0 Å². The summed E-state index contributed by atoms with van der Waals surface area (Å²) in [5, 5.41) is 5.34. The Morgan fingerprint density at radius 2 is 2.08 bits per heavy atom. The zero-order chi connectivity index (χ0) is 17.6. The molecule has 0 fully saturated rings. The van der Waals surface area contributed by atoms with Crippen molar-refractivity contribution >= 4 is 17.3 Å². The standard InChI is InChI=1S/C18H17N7S/c1-3-16(26-10-1)17-14(15-12-19-5-6-21-15)11-23-18(24-17)22-4-2-8-25-9-7-20-13-25/h1,3,5-7,9-13H,2,4,8H2,(H,22,23,24). The maximum absolute atomic E-state index is 4.73. The van der Waals surface area contributed by atoms with Gasteiger partial charge in [-0.15, -0.1) is 11.3 Å². The molecule has 0 aliphatic carbocycles. The van der Waals surface area contributed by atoms with Crippen LogP contribution in [0.15, 0.2) is 61.0 Å². The van der Waals surface area contributed by atoms with Gasteiger partial charge < -0.3 is 9.88 Å². The third-order valence-corrected chi connectivity index (χ3v) is 4.69. The summed E-state index contributed by atoms with van der Waals surface area (Å²) >= 11 is 1.64. The van der Waals surface area contributed by atoms with Gasteiger partial charge in [-0.05, 0) is 17.9 Å². The van der Waals surface area contributed by atoms with E-state index < -0.39 is 0 Å². The van der Waals surface area contributed by atoms with Crippen molar-refractivity contribution in [2.45, 2.75) is 13.0 Å². The molecule has 0 saturated heterocycles. The number of nitrogens with one attached hydrogen (secondary N) is 1. The van der Waals surface area contributed by atoms with E-state index in [2.05, 4.69) is 35.9 Å². The maximum atomic E-state index is 4.73. The molecule has 0 aromatic carbocycles. The molecule has 4 heterocycles. The highest BCUT2D eigenvalue weighted by atomic mass is 32.1. The van der Waals surface area contributed by atoms with Crippen molar-refractivity contribution in [3.63, 3.8) is 0 Å². The zero-order valence-corrected chi connectivity index (χ0v) is 14.8. The normalized spacial score (nSPS) is 10.8. The molecule has 0 bridgehead atoms. The first-order valence-corrected chi connectivity index (χ1v) is 9.15. The van der Waals surface area contributed by atoms with Crippen molar-refractivity contribution in [3.8, 4) is 21.8 Å². The smallest absolute Gasteiger partial charge is 0.223 e. The highest BCUT2D eigenvalue weighted by Crippen LogP contribution is 2.32. The van der Waals surface area contributed by atoms with Gasteiger partial charge in [-0.25, -0.2) is 15.0 Å². The molecule has 26 heavy (non-hydrogen) atoms. The maximum Gasteiger partial charge on any atom is 0.223 e. The van der Waals surface area contributed by atoms with Crippen LogP contribution in [0.1, 0.15) is 6.42 Å². The molecule has 0 radical (unpaired) electrons. The topological polar surface area (TPSA) is 81.4 Å². The molecule has 0 spiro atoms. The first-order chi connectivity index (χ1) is 12.9. The average Bonchev–Trinajstić information content (AvgIpc) is 3.40. The third kappa shape index (κ3) is 3.75. The predicted octanol–water partition coefficient (Wildman–Crippen LogP) is 3.36. The van der Waals surface area contributed by atoms with Crippen molar-refractivity contribution < 1.29 is 0 Å². The SMILES string of the molecule is c1csc(-c2nc(NCCCn3ccnc3)ncc2-c2cnccn2)c1. The van der Waals surface area contributed by atoms with E-state index in [1.54, 1.807) is 36.1 Å². The van der Waals surface area contributed by atoms with Gasteiger partial charge in [0.15, 0.2) is 0 Å². The number of aryl methyl sites for hydroxylation is 1. The minimum Gasteiger partial charge on any atom is -0.354 e. The summed E-state index contributed by atoms with van der Waals surface area (Å²) in [5.74, 6) is 0.617. The van der Waals surface area contributed by atoms with Gasteiger partial charge in [-0.3, -0.25) is 9.97 Å². The lowest BCUT2D eigenvalue weighted by molar-refractivity contribution is 0.659. The van der Waals surface area contributed by atoms with Gasteiger partial charge >= 0.3 is 0 Å². The van der Waals surface area contributed by atoms with E-state index in [9.17, 15) is 0 Å². The fraction of sp³-hybridized carbons (Fsp3) is 0.167. The Labute approximate surface area is 154 Å². The molecule has 0 aliphatic rings. The van der Waals surface area contributed by atoms with E-state index in [1.165, 1.54) is 0 Å². The van der Waals surface area contributed by atoms with Crippen LogP contribution in [0.4, 0.5) is 5.95 Å². The number of anilines is 1. The van der Waals surface area contributed by atoms with Crippen LogP contribution in [-0.4, -0.2) is 36.0 Å². The van der Waals surface area contributed by atoms with Crippen molar-refractivity contribution in [1.82, 2.24) is 29.5 Å². The lowest BCUT2D eigenvalue weighted by atomic mass is 10.1. The van der Waals surface area contributed by atoms with Crippen molar-refractivity contribution in [2.75, 3.05) is 11.9 Å². The van der Waals surface area contributed by atoms with Crippen LogP contribution in [0, 0.1) is 0 Å². The third-order valence-electron chi connectivity index (χ3n) is 3.82. The van der Waals surface area contributed by atoms with Crippen LogP contribution >= 0.6 is 11.3 Å². The monoisotopic (exact) mass is 363 g/mol. The number of aromatic nitrogens is 6. The highest BCUT2D eigenvalue weighted by molar-refractivity contribution is 7.13. The first kappa shape index (κ1) is 16.3. The molecule has 0 unspecified atom stereocenters. The minimum absolute atomic E-state index is 0.617. The second-order valence-corrected chi connectivity index (χ2v) is 6.55. The molecule has 0 aliphatic heterocycles. The quantitative estimate of drug-likeness (QED) is 0.507. The largest absolute Gasteiger partial charge is 0.354 e. The first-order valence-electron chi connectivity index (χ1n) is 8.27. The molecule has 7 nitrogen and oxygen atoms in total. The summed E-state index contributed by atoms with van der Waals surface area (Å²) in [4.78, 5) is 22.8. The van der Waals surface area contributed by atoms with Gasteiger partial charge in [0.1, 0.15) is 0 Å². The second-order valence-electron chi connectivity index (χ2n) is 5.60. The molecule has 8 heteroatoms. The van der Waals surface area contributed by atoms with Crippen LogP contribution in [-0.2, 0) is 6.54 Å². The zero-order valence-electron chi connectivity index (χ0n) is 14.0. The van der Waals surface area contributed by atoms with Gasteiger partial charge in [0.2, 0.25) is 5.95 Å². The Balaban J connectivity index is 1.52. The van der Waals surface area contributed by atoms with Crippen molar-refractivity contribution in [2.24, 2.45) is 0 Å². The lowest BCUT2D eigenvalue weighted by Gasteiger charge is -2.10. The molecular formula is C18H17N7S. The molecule has 0 atom stereocenters. The number of hydrogen-bond donors (Lipinski definition) is 1. The summed E-state index contributed by atoms with van der Waals surface area (Å²) < 4.78 is 2.05. The second kappa shape index (κ2) is 7.83. The molecule has 0 saturated carbocycles. The van der Waals surface area contributed by atoms with Gasteiger partial charge in [0, 0.05) is 49.6 Å². The van der Waals surface area contributed by atoms with Crippen LogP contribution in [0.25, 0.3) is 21.8 Å². The van der Waals surface area contributed by atoms with E-state index in [0.717, 1.165) is 41.3 Å². The fourth-order valence-electron chi connectivity index (χ4n) is 2.57. The van der Waals surface area contributed by atoms with E-state index >= 15 is 0 Å². The molecular weight excluding hydrogens is 346 g/mol. The predicted molar refractivity (Wildman–Crippen MR) is 102 cm³/mol. The summed E-state index contributed by atoms with van der Waals surface area (Å²) in [7, 11) is 0. The van der Waals surface area contributed by atoms with Crippen LogP contribution in [0.3, 0.4) is 0 Å². The average molecular weight is 363 g/mol. The number of hydrogen-bond acceptors (Lipinski definition) is 7. The molecule has 4 aromatic heterocycles. The fourth-order valence-corrected chi connectivity index (χ4v) is 3.30. The molecule has 4 rings (SSSR count). The van der Waals surface area contributed by atoms with E-state index in [-0.39, 0.29) is 0 Å². The van der Waals surface area contributed by atoms with Crippen LogP contribution in [0.2, 0.25) is 0 Å². The Morgan fingerprint density at radius 1 is 1.08 bits per heavy atom. The lowest BCUT2D eigenvalue weighted by Crippen LogP contribution is -2.09. The van der Waals surface area contributed by atoms with Crippen LogP contribution < -0.4 is 5.32 Å². The van der Waals surface area contributed by atoms with Crippen LogP contribution in [0.5, 0.6) is 0 Å². The summed E-state index contributed by atoms with van der Waals surface area (Å²) in [5.41, 5.74) is 2.51. The minimum atomic E-state index is 0.617. The molecule has 130 valence electrons. The summed E-state index contributed by atoms with van der Waals surface area (Å²) in [6, 6.07) is 4.07. The Hall–Kier alpha value is -3.13. The number of nitrogens with zero attached hydrogens (tertiary/aromatic N) is 6. The molecule has 4 aromatic rings. The Bertz CT molecular complexity index is 937. The number of thiophene rings is 1. The van der Waals surface area contributed by atoms with Crippen molar-refractivity contribution in [3.05, 3.63) is 61.0 Å². The highest BCUT2D eigenvalue weighted by Gasteiger charge is 2.13. The van der Waals surface area contributed by atoms with Gasteiger partial charge in [-0.2, -0.15) is 0 Å². The van der Waals surface area contributed by atoms with E-state index in [0.29, 0.717) is 5.95 Å². The van der Waals surface area contributed by atoms with Gasteiger partial charge in [0.25, 0.3) is 0 Å². The molecule has 1 N–H and O–H groups in total.